The van der Waals surface area contributed by atoms with E-state index in [2.05, 4.69) is 30.4 Å². The first-order chi connectivity index (χ1) is 10.1. The summed E-state index contributed by atoms with van der Waals surface area (Å²) in [6, 6.07) is 7.01. The summed E-state index contributed by atoms with van der Waals surface area (Å²) in [6.45, 7) is 2.08. The molecule has 0 aliphatic heterocycles. The van der Waals surface area contributed by atoms with E-state index in [0.29, 0.717) is 0 Å². The normalized spacial score (nSPS) is 26.2. The lowest BCUT2D eigenvalue weighted by atomic mass is 9.89. The molecule has 1 aromatic carbocycles. The highest BCUT2D eigenvalue weighted by molar-refractivity contribution is 5.79. The second-order valence-corrected chi connectivity index (χ2v) is 6.74. The molecule has 0 saturated heterocycles. The molecule has 3 heteroatoms. The lowest BCUT2D eigenvalue weighted by Crippen LogP contribution is -2.32. The van der Waals surface area contributed by atoms with Crippen LogP contribution in [-0.4, -0.2) is 11.9 Å². The summed E-state index contributed by atoms with van der Waals surface area (Å²) in [7, 11) is 0. The standard InChI is InChI=1S/C18H26N2O/c1-12(20-18(21)16-8-9-17(19)11-16)14-7-6-13-4-2-3-5-15(13)10-14/h6-7,10,12,16-17H,2-5,8-9,11,19H2,1H3,(H,20,21). The van der Waals surface area contributed by atoms with Crippen molar-refractivity contribution in [2.45, 2.75) is 64.0 Å². The molecule has 2 aliphatic carbocycles. The van der Waals surface area contributed by atoms with Crippen LogP contribution < -0.4 is 11.1 Å². The third kappa shape index (κ3) is 3.29. The molecular formula is C18H26N2O. The van der Waals surface area contributed by atoms with Gasteiger partial charge in [0.25, 0.3) is 0 Å². The Morgan fingerprint density at radius 3 is 2.71 bits per heavy atom. The van der Waals surface area contributed by atoms with Gasteiger partial charge in [-0.15, -0.1) is 0 Å². The van der Waals surface area contributed by atoms with E-state index in [1.165, 1.54) is 42.4 Å². The van der Waals surface area contributed by atoms with Gasteiger partial charge in [-0.1, -0.05) is 18.2 Å². The van der Waals surface area contributed by atoms with Crippen LogP contribution in [0.3, 0.4) is 0 Å². The predicted octanol–water partition coefficient (Wildman–Crippen LogP) is 2.87. The summed E-state index contributed by atoms with van der Waals surface area (Å²) in [5, 5.41) is 3.17. The van der Waals surface area contributed by atoms with Crippen molar-refractivity contribution in [1.29, 1.82) is 0 Å². The monoisotopic (exact) mass is 286 g/mol. The zero-order chi connectivity index (χ0) is 14.8. The van der Waals surface area contributed by atoms with E-state index in [9.17, 15) is 4.79 Å². The van der Waals surface area contributed by atoms with Gasteiger partial charge in [0.2, 0.25) is 5.91 Å². The maximum atomic E-state index is 12.3. The molecule has 0 radical (unpaired) electrons. The van der Waals surface area contributed by atoms with Crippen molar-refractivity contribution in [2.24, 2.45) is 11.7 Å². The number of carbonyl (C=O) groups is 1. The summed E-state index contributed by atoms with van der Waals surface area (Å²) in [5.41, 5.74) is 10.1. The number of nitrogens with one attached hydrogen (secondary N) is 1. The molecular weight excluding hydrogens is 260 g/mol. The summed E-state index contributed by atoms with van der Waals surface area (Å²) < 4.78 is 0. The quantitative estimate of drug-likeness (QED) is 0.897. The average Bonchev–Trinajstić information content (AvgIpc) is 2.93. The van der Waals surface area contributed by atoms with Crippen LogP contribution in [0.4, 0.5) is 0 Å². The van der Waals surface area contributed by atoms with Crippen LogP contribution in [0, 0.1) is 5.92 Å². The third-order valence-corrected chi connectivity index (χ3v) is 5.08. The van der Waals surface area contributed by atoms with E-state index >= 15 is 0 Å². The Labute approximate surface area is 127 Å². The molecule has 3 N–H and O–H groups in total. The Balaban J connectivity index is 1.65. The average molecular weight is 286 g/mol. The maximum absolute atomic E-state index is 12.3. The molecule has 1 fully saturated rings. The highest BCUT2D eigenvalue weighted by Gasteiger charge is 2.28. The lowest BCUT2D eigenvalue weighted by molar-refractivity contribution is -0.125. The number of rotatable bonds is 3. The number of nitrogens with two attached hydrogens (primary N) is 1. The van der Waals surface area contributed by atoms with Gasteiger partial charge in [-0.3, -0.25) is 4.79 Å². The molecule has 0 heterocycles. The molecule has 1 amide bonds. The van der Waals surface area contributed by atoms with Crippen LogP contribution in [-0.2, 0) is 17.6 Å². The molecule has 3 rings (SSSR count). The fourth-order valence-corrected chi connectivity index (χ4v) is 3.69. The van der Waals surface area contributed by atoms with E-state index in [0.717, 1.165) is 19.3 Å². The lowest BCUT2D eigenvalue weighted by Gasteiger charge is -2.21. The Kier molecular flexibility index (Phi) is 4.29. The first-order valence-corrected chi connectivity index (χ1v) is 8.31. The van der Waals surface area contributed by atoms with Crippen molar-refractivity contribution in [2.75, 3.05) is 0 Å². The van der Waals surface area contributed by atoms with Gasteiger partial charge < -0.3 is 11.1 Å². The van der Waals surface area contributed by atoms with Gasteiger partial charge in [-0.25, -0.2) is 0 Å². The molecule has 0 bridgehead atoms. The second kappa shape index (κ2) is 6.18. The molecule has 3 atom stereocenters. The first-order valence-electron chi connectivity index (χ1n) is 8.31. The number of fused-ring (bicyclic) bond motifs is 1. The predicted molar refractivity (Wildman–Crippen MR) is 85.0 cm³/mol. The fourth-order valence-electron chi connectivity index (χ4n) is 3.69. The highest BCUT2D eigenvalue weighted by Crippen LogP contribution is 2.27. The Morgan fingerprint density at radius 1 is 1.24 bits per heavy atom. The third-order valence-electron chi connectivity index (χ3n) is 5.08. The van der Waals surface area contributed by atoms with E-state index in [1.807, 2.05) is 0 Å². The second-order valence-electron chi connectivity index (χ2n) is 6.74. The minimum absolute atomic E-state index is 0.0848. The van der Waals surface area contributed by atoms with Crippen LogP contribution >= 0.6 is 0 Å². The molecule has 2 aliphatic rings. The number of carbonyl (C=O) groups excluding carboxylic acids is 1. The molecule has 114 valence electrons. The van der Waals surface area contributed by atoms with Gasteiger partial charge in [0, 0.05) is 12.0 Å². The van der Waals surface area contributed by atoms with Crippen molar-refractivity contribution in [1.82, 2.24) is 5.32 Å². The molecule has 3 unspecified atom stereocenters. The number of aryl methyl sites for hydroxylation is 2. The van der Waals surface area contributed by atoms with Crippen molar-refractivity contribution in [3.8, 4) is 0 Å². The Morgan fingerprint density at radius 2 is 2.00 bits per heavy atom. The smallest absolute Gasteiger partial charge is 0.223 e. The fraction of sp³-hybridized carbons (Fsp3) is 0.611. The van der Waals surface area contributed by atoms with Crippen LogP contribution in [0.15, 0.2) is 18.2 Å². The number of amides is 1. The number of hydrogen-bond acceptors (Lipinski definition) is 2. The van der Waals surface area contributed by atoms with Crippen molar-refractivity contribution < 1.29 is 4.79 Å². The zero-order valence-electron chi connectivity index (χ0n) is 12.9. The van der Waals surface area contributed by atoms with Crippen LogP contribution in [0.25, 0.3) is 0 Å². The summed E-state index contributed by atoms with van der Waals surface area (Å²) in [5.74, 6) is 0.285. The van der Waals surface area contributed by atoms with Gasteiger partial charge in [-0.05, 0) is 68.6 Å². The Hall–Kier alpha value is -1.35. The van der Waals surface area contributed by atoms with Gasteiger partial charge in [0.05, 0.1) is 6.04 Å². The van der Waals surface area contributed by atoms with Crippen molar-refractivity contribution in [3.05, 3.63) is 34.9 Å². The maximum Gasteiger partial charge on any atom is 0.223 e. The molecule has 21 heavy (non-hydrogen) atoms. The summed E-state index contributed by atoms with van der Waals surface area (Å²) >= 11 is 0. The molecule has 1 aromatic rings. The molecule has 0 aromatic heterocycles. The number of benzene rings is 1. The Bertz CT molecular complexity index is 526. The topological polar surface area (TPSA) is 55.1 Å². The van der Waals surface area contributed by atoms with Crippen LogP contribution in [0.5, 0.6) is 0 Å². The molecule has 1 saturated carbocycles. The highest BCUT2D eigenvalue weighted by atomic mass is 16.1. The van der Waals surface area contributed by atoms with Crippen molar-refractivity contribution >= 4 is 5.91 Å². The first kappa shape index (κ1) is 14.6. The van der Waals surface area contributed by atoms with Crippen LogP contribution in [0.1, 0.15) is 61.8 Å². The van der Waals surface area contributed by atoms with E-state index < -0.39 is 0 Å². The van der Waals surface area contributed by atoms with E-state index in [1.54, 1.807) is 0 Å². The van der Waals surface area contributed by atoms with Gasteiger partial charge in [-0.2, -0.15) is 0 Å². The molecule has 3 nitrogen and oxygen atoms in total. The number of hydrogen-bond donors (Lipinski definition) is 2. The minimum Gasteiger partial charge on any atom is -0.349 e. The zero-order valence-corrected chi connectivity index (χ0v) is 12.9. The summed E-state index contributed by atoms with van der Waals surface area (Å²) in [6.07, 6.45) is 7.73. The van der Waals surface area contributed by atoms with Crippen LogP contribution in [0.2, 0.25) is 0 Å². The van der Waals surface area contributed by atoms with Gasteiger partial charge >= 0.3 is 0 Å². The SMILES string of the molecule is CC(NC(=O)C1CCC(N)C1)c1ccc2c(c1)CCCC2. The van der Waals surface area contributed by atoms with E-state index in [4.69, 9.17) is 5.73 Å². The van der Waals surface area contributed by atoms with Gasteiger partial charge in [0.1, 0.15) is 0 Å². The van der Waals surface area contributed by atoms with Gasteiger partial charge in [0.15, 0.2) is 0 Å². The minimum atomic E-state index is 0.0848. The largest absolute Gasteiger partial charge is 0.349 e. The van der Waals surface area contributed by atoms with Crippen molar-refractivity contribution in [3.63, 3.8) is 0 Å². The van der Waals surface area contributed by atoms with E-state index in [-0.39, 0.29) is 23.9 Å². The summed E-state index contributed by atoms with van der Waals surface area (Å²) in [4.78, 5) is 12.3. The molecule has 0 spiro atoms.